The molecular formula is C30H60ClNO4. The second-order valence-electron chi connectivity index (χ2n) is 11.1. The van der Waals surface area contributed by atoms with Crippen LogP contribution in [0, 0.1) is 0 Å². The predicted molar refractivity (Wildman–Crippen MR) is 147 cm³/mol. The Morgan fingerprint density at radius 1 is 0.472 bits per heavy atom. The molecule has 0 fully saturated rings. The molecule has 0 heterocycles. The summed E-state index contributed by atoms with van der Waals surface area (Å²) in [6.07, 6.45) is 25.3. The Morgan fingerprint density at radius 3 is 1.00 bits per heavy atom. The van der Waals surface area contributed by atoms with Crippen molar-refractivity contribution in [3.8, 4) is 0 Å². The third-order valence-electron chi connectivity index (χ3n) is 6.64. The van der Waals surface area contributed by atoms with Gasteiger partial charge >= 0.3 is 11.9 Å². The van der Waals surface area contributed by atoms with Gasteiger partial charge in [-0.05, 0) is 12.8 Å². The van der Waals surface area contributed by atoms with Crippen molar-refractivity contribution in [1.82, 2.24) is 0 Å². The Balaban J connectivity index is 0. The number of carbonyl (C=O) groups excluding carboxylic acids is 2. The van der Waals surface area contributed by atoms with Gasteiger partial charge in [-0.15, -0.1) is 0 Å². The lowest BCUT2D eigenvalue weighted by Gasteiger charge is -2.27. The zero-order chi connectivity index (χ0) is 26.0. The number of hydrogen-bond acceptors (Lipinski definition) is 4. The summed E-state index contributed by atoms with van der Waals surface area (Å²) in [6, 6.07) is 0. The maximum Gasteiger partial charge on any atom is 0.361 e. The number of ether oxygens (including phenoxy) is 2. The van der Waals surface area contributed by atoms with Gasteiger partial charge in [0.25, 0.3) is 0 Å². The van der Waals surface area contributed by atoms with Gasteiger partial charge in [0.1, 0.15) is 0 Å². The Labute approximate surface area is 230 Å². The molecule has 0 radical (unpaired) electrons. The summed E-state index contributed by atoms with van der Waals surface area (Å²) in [5.74, 6) is -0.457. The van der Waals surface area contributed by atoms with Crippen molar-refractivity contribution in [2.45, 2.75) is 142 Å². The second kappa shape index (κ2) is 27.2. The number of nitrogens with zero attached hydrogens (tertiary/aromatic N) is 1. The topological polar surface area (TPSA) is 52.6 Å². The van der Waals surface area contributed by atoms with Gasteiger partial charge in [0.15, 0.2) is 13.1 Å². The second-order valence-corrected chi connectivity index (χ2v) is 11.1. The molecular weight excluding hydrogens is 474 g/mol. The van der Waals surface area contributed by atoms with Crippen LogP contribution in [0.5, 0.6) is 0 Å². The Kier molecular flexibility index (Phi) is 28.2. The number of carbonyl (C=O) groups is 2. The summed E-state index contributed by atoms with van der Waals surface area (Å²) in [5, 5.41) is 0. The molecule has 0 aliphatic rings. The van der Waals surface area contributed by atoms with Crippen molar-refractivity contribution >= 4 is 11.9 Å². The normalized spacial score (nSPS) is 11.2. The van der Waals surface area contributed by atoms with E-state index < -0.39 is 0 Å². The van der Waals surface area contributed by atoms with E-state index in [1.54, 1.807) is 0 Å². The Hall–Kier alpha value is -0.810. The smallest absolute Gasteiger partial charge is 0.361 e. The van der Waals surface area contributed by atoms with Gasteiger partial charge in [0, 0.05) is 0 Å². The highest BCUT2D eigenvalue weighted by Gasteiger charge is 2.25. The highest BCUT2D eigenvalue weighted by Crippen LogP contribution is 2.12. The number of unbranched alkanes of at least 4 members (excludes halogenated alkanes) is 18. The number of rotatable bonds is 26. The first-order valence-corrected chi connectivity index (χ1v) is 15.0. The largest absolute Gasteiger partial charge is 1.00 e. The summed E-state index contributed by atoms with van der Waals surface area (Å²) in [6.45, 7) is 5.87. The lowest BCUT2D eigenvalue weighted by Crippen LogP contribution is -3.00. The molecule has 0 aromatic carbocycles. The lowest BCUT2D eigenvalue weighted by molar-refractivity contribution is -0.875. The van der Waals surface area contributed by atoms with E-state index >= 15 is 0 Å². The quantitative estimate of drug-likeness (QED) is 0.0892. The SMILES string of the molecule is CCCCCCCCCCCCOC(=O)C[N+](C)(C)CC(=O)OCCCCCCCCCCCC.[Cl-]. The molecule has 36 heavy (non-hydrogen) atoms. The van der Waals surface area contributed by atoms with Crippen LogP contribution < -0.4 is 12.4 Å². The fourth-order valence-corrected chi connectivity index (χ4v) is 4.40. The molecule has 216 valence electrons. The van der Waals surface area contributed by atoms with Gasteiger partial charge in [0.2, 0.25) is 0 Å². The lowest BCUT2D eigenvalue weighted by atomic mass is 10.1. The van der Waals surface area contributed by atoms with Crippen molar-refractivity contribution in [2.75, 3.05) is 40.4 Å². The molecule has 0 rings (SSSR count). The Bertz CT molecular complexity index is 457. The fourth-order valence-electron chi connectivity index (χ4n) is 4.40. The first kappa shape index (κ1) is 37.3. The van der Waals surface area contributed by atoms with Gasteiger partial charge in [-0.3, -0.25) is 0 Å². The van der Waals surface area contributed by atoms with Crippen LogP contribution in [-0.4, -0.2) is 56.8 Å². The molecule has 0 aromatic rings. The maximum absolute atomic E-state index is 12.2. The fraction of sp³-hybridized carbons (Fsp3) is 0.933. The molecule has 0 aromatic heterocycles. The summed E-state index contributed by atoms with van der Waals surface area (Å²) in [5.41, 5.74) is 0. The highest BCUT2D eigenvalue weighted by atomic mass is 35.5. The number of likely N-dealkylation sites (N-methyl/N-ethyl adjacent to an activating group) is 1. The van der Waals surface area contributed by atoms with Gasteiger partial charge < -0.3 is 26.4 Å². The zero-order valence-corrected chi connectivity index (χ0v) is 25.2. The van der Waals surface area contributed by atoms with Gasteiger partial charge in [0.05, 0.1) is 27.3 Å². The first-order chi connectivity index (χ1) is 16.9. The number of esters is 2. The van der Waals surface area contributed by atoms with E-state index in [9.17, 15) is 9.59 Å². The molecule has 6 heteroatoms. The average molecular weight is 534 g/mol. The predicted octanol–water partition coefficient (Wildman–Crippen LogP) is 5.00. The number of halogens is 1. The molecule has 0 N–H and O–H groups in total. The van der Waals surface area contributed by atoms with Crippen LogP contribution in [0.4, 0.5) is 0 Å². The van der Waals surface area contributed by atoms with Crippen LogP contribution in [0.1, 0.15) is 142 Å². The van der Waals surface area contributed by atoms with Crippen molar-refractivity contribution in [2.24, 2.45) is 0 Å². The van der Waals surface area contributed by atoms with Crippen LogP contribution in [0.25, 0.3) is 0 Å². The van der Waals surface area contributed by atoms with Crippen molar-refractivity contribution < 1.29 is 36.0 Å². The molecule has 0 atom stereocenters. The highest BCUT2D eigenvalue weighted by molar-refractivity contribution is 5.73. The summed E-state index contributed by atoms with van der Waals surface area (Å²) in [7, 11) is 3.76. The number of quaternary nitrogens is 1. The first-order valence-electron chi connectivity index (χ1n) is 15.0. The van der Waals surface area contributed by atoms with E-state index in [2.05, 4.69) is 13.8 Å². The van der Waals surface area contributed by atoms with Crippen LogP contribution in [0.15, 0.2) is 0 Å². The van der Waals surface area contributed by atoms with Crippen LogP contribution >= 0.6 is 0 Å². The molecule has 0 amide bonds. The van der Waals surface area contributed by atoms with Crippen molar-refractivity contribution in [3.05, 3.63) is 0 Å². The van der Waals surface area contributed by atoms with Crippen molar-refractivity contribution in [1.29, 1.82) is 0 Å². The third-order valence-corrected chi connectivity index (χ3v) is 6.64. The van der Waals surface area contributed by atoms with E-state index in [-0.39, 0.29) is 41.9 Å². The molecule has 0 saturated carbocycles. The minimum atomic E-state index is -0.228. The maximum atomic E-state index is 12.2. The van der Waals surface area contributed by atoms with E-state index in [4.69, 9.17) is 9.47 Å². The monoisotopic (exact) mass is 533 g/mol. The molecule has 0 spiro atoms. The molecule has 0 aliphatic carbocycles. The number of hydrogen-bond donors (Lipinski definition) is 0. The van der Waals surface area contributed by atoms with Crippen LogP contribution in [0.3, 0.4) is 0 Å². The summed E-state index contributed by atoms with van der Waals surface area (Å²) >= 11 is 0. The van der Waals surface area contributed by atoms with Gasteiger partial charge in [-0.1, -0.05) is 129 Å². The van der Waals surface area contributed by atoms with E-state index in [1.807, 2.05) is 14.1 Å². The van der Waals surface area contributed by atoms with E-state index in [1.165, 1.54) is 103 Å². The van der Waals surface area contributed by atoms with E-state index in [0.29, 0.717) is 13.2 Å². The van der Waals surface area contributed by atoms with Crippen LogP contribution in [0.2, 0.25) is 0 Å². The zero-order valence-electron chi connectivity index (χ0n) is 24.4. The molecule has 0 bridgehead atoms. The third kappa shape index (κ3) is 27.8. The minimum Gasteiger partial charge on any atom is -1.00 e. The van der Waals surface area contributed by atoms with Crippen molar-refractivity contribution in [3.63, 3.8) is 0 Å². The summed E-state index contributed by atoms with van der Waals surface area (Å²) in [4.78, 5) is 24.3. The Morgan fingerprint density at radius 2 is 0.722 bits per heavy atom. The summed E-state index contributed by atoms with van der Waals surface area (Å²) < 4.78 is 11.1. The molecule has 0 unspecified atom stereocenters. The van der Waals surface area contributed by atoms with Crippen LogP contribution in [-0.2, 0) is 19.1 Å². The minimum absolute atomic E-state index is 0. The van der Waals surface area contributed by atoms with Gasteiger partial charge in [-0.2, -0.15) is 0 Å². The molecule has 5 nitrogen and oxygen atoms in total. The van der Waals surface area contributed by atoms with Gasteiger partial charge in [-0.25, -0.2) is 9.59 Å². The molecule has 0 saturated heterocycles. The molecule has 0 aliphatic heterocycles. The van der Waals surface area contributed by atoms with E-state index in [0.717, 1.165) is 25.7 Å². The average Bonchev–Trinajstić information content (AvgIpc) is 2.80. The standard InChI is InChI=1S/C30H60NO4.ClH/c1-5-7-9-11-13-15-17-19-21-23-25-34-29(32)27-31(3,4)28-30(33)35-26-24-22-20-18-16-14-12-10-8-6-2;/h5-28H2,1-4H3;1H/q+1;/p-1.